The van der Waals surface area contributed by atoms with E-state index in [0.29, 0.717) is 16.7 Å². The molecule has 2 heterocycles. The number of pyridine rings is 1. The van der Waals surface area contributed by atoms with Crippen LogP contribution in [0.2, 0.25) is 0 Å². The predicted molar refractivity (Wildman–Crippen MR) is 140 cm³/mol. The molecule has 1 unspecified atom stereocenters. The number of halogens is 2. The minimum atomic E-state index is -1.47. The minimum Gasteiger partial charge on any atom is -0.372 e. The van der Waals surface area contributed by atoms with Crippen molar-refractivity contribution >= 4 is 29.6 Å². The van der Waals surface area contributed by atoms with Gasteiger partial charge in [0, 0.05) is 37.0 Å². The minimum absolute atomic E-state index is 0.0199. The van der Waals surface area contributed by atoms with Crippen molar-refractivity contribution in [2.24, 2.45) is 0 Å². The van der Waals surface area contributed by atoms with Gasteiger partial charge in [-0.05, 0) is 50.2 Å². The Bertz CT molecular complexity index is 1410. The summed E-state index contributed by atoms with van der Waals surface area (Å²) in [7, 11) is 1.79. The quantitative estimate of drug-likeness (QED) is 0.361. The van der Waals surface area contributed by atoms with Crippen molar-refractivity contribution in [3.05, 3.63) is 89.2 Å². The molecule has 9 heteroatoms. The van der Waals surface area contributed by atoms with Gasteiger partial charge in [0.15, 0.2) is 11.6 Å². The maximum absolute atomic E-state index is 15.2. The van der Waals surface area contributed by atoms with Gasteiger partial charge in [-0.15, -0.1) is 0 Å². The zero-order chi connectivity index (χ0) is 27.4. The predicted octanol–water partition coefficient (Wildman–Crippen LogP) is 4.32. The number of benzene rings is 2. The van der Waals surface area contributed by atoms with Crippen molar-refractivity contribution in [1.82, 2.24) is 9.88 Å². The van der Waals surface area contributed by atoms with Gasteiger partial charge in [-0.1, -0.05) is 30.0 Å². The van der Waals surface area contributed by atoms with Crippen LogP contribution in [-0.4, -0.2) is 53.8 Å². The number of hydrogen-bond acceptors (Lipinski definition) is 5. The number of hydrogen-bond donors (Lipinski definition) is 0. The molecule has 38 heavy (non-hydrogen) atoms. The van der Waals surface area contributed by atoms with Crippen LogP contribution in [0.1, 0.15) is 30.2 Å². The first-order valence-electron chi connectivity index (χ1n) is 11.9. The lowest BCUT2D eigenvalue weighted by molar-refractivity contribution is -0.128. The molecular formula is C29H26F2N4O3. The second kappa shape index (κ2) is 10.8. The van der Waals surface area contributed by atoms with Gasteiger partial charge in [-0.2, -0.15) is 0 Å². The first-order valence-corrected chi connectivity index (χ1v) is 11.9. The lowest BCUT2D eigenvalue weighted by atomic mass is 9.93. The molecular weight excluding hydrogens is 490 g/mol. The van der Waals surface area contributed by atoms with Crippen LogP contribution in [0.25, 0.3) is 0 Å². The highest BCUT2D eigenvalue weighted by Gasteiger charge is 2.48. The molecule has 3 amide bonds. The molecule has 7 nitrogen and oxygen atoms in total. The molecule has 0 saturated carbocycles. The van der Waals surface area contributed by atoms with Crippen molar-refractivity contribution in [2.45, 2.75) is 25.8 Å². The van der Waals surface area contributed by atoms with Crippen LogP contribution in [0.3, 0.4) is 0 Å². The number of carbonyl (C=O) groups excluding carboxylic acids is 3. The van der Waals surface area contributed by atoms with Crippen molar-refractivity contribution in [1.29, 1.82) is 0 Å². The van der Waals surface area contributed by atoms with Gasteiger partial charge in [-0.25, -0.2) is 18.5 Å². The summed E-state index contributed by atoms with van der Waals surface area (Å²) in [5, 5.41) is 0. The third-order valence-electron chi connectivity index (χ3n) is 6.41. The molecule has 1 aromatic heterocycles. The van der Waals surface area contributed by atoms with E-state index in [9.17, 15) is 14.4 Å². The van der Waals surface area contributed by atoms with Crippen LogP contribution < -0.4 is 9.80 Å². The molecule has 0 radical (unpaired) electrons. The number of imide groups is 1. The maximum Gasteiger partial charge on any atom is 0.332 e. The Balaban J connectivity index is 1.61. The van der Waals surface area contributed by atoms with E-state index >= 15 is 8.78 Å². The monoisotopic (exact) mass is 516 g/mol. The molecule has 4 rings (SSSR count). The zero-order valence-corrected chi connectivity index (χ0v) is 21.2. The molecule has 0 aliphatic carbocycles. The average Bonchev–Trinajstić information content (AvgIpc) is 2.89. The van der Waals surface area contributed by atoms with Crippen LogP contribution in [0.4, 0.5) is 25.0 Å². The fraction of sp³-hybridized carbons (Fsp3) is 0.241. The lowest BCUT2D eigenvalue weighted by Gasteiger charge is -2.44. The van der Waals surface area contributed by atoms with E-state index < -0.39 is 41.2 Å². The first-order chi connectivity index (χ1) is 18.1. The summed E-state index contributed by atoms with van der Waals surface area (Å²) < 4.78 is 30.4. The maximum atomic E-state index is 15.2. The number of urea groups is 1. The van der Waals surface area contributed by atoms with Crippen LogP contribution in [0.5, 0.6) is 0 Å². The van der Waals surface area contributed by atoms with Crippen LogP contribution in [0, 0.1) is 30.4 Å². The number of aldehydes is 1. The van der Waals surface area contributed by atoms with Crippen molar-refractivity contribution in [3.8, 4) is 11.8 Å². The fourth-order valence-electron chi connectivity index (χ4n) is 4.19. The zero-order valence-electron chi connectivity index (χ0n) is 21.2. The topological polar surface area (TPSA) is 73.8 Å². The molecule has 2 aromatic carbocycles. The molecule has 0 bridgehead atoms. The number of anilines is 2. The molecule has 1 fully saturated rings. The van der Waals surface area contributed by atoms with E-state index in [1.54, 1.807) is 37.5 Å². The molecule has 0 N–H and O–H groups in total. The SMILES string of the molecule is Cc1ccc(N(C)CCN2C(=O)N(c3c(F)cc(C#Cc4ccccc4)cc3F)C(=O)CC2(C)C=O)cn1. The Morgan fingerprint density at radius 2 is 1.71 bits per heavy atom. The van der Waals surface area contributed by atoms with Gasteiger partial charge in [0.2, 0.25) is 5.91 Å². The normalized spacial score (nSPS) is 17.2. The van der Waals surface area contributed by atoms with Crippen LogP contribution >= 0.6 is 0 Å². The second-order valence-corrected chi connectivity index (χ2v) is 9.30. The highest BCUT2D eigenvalue weighted by Crippen LogP contribution is 2.33. The van der Waals surface area contributed by atoms with Crippen molar-refractivity contribution in [2.75, 3.05) is 29.9 Å². The third-order valence-corrected chi connectivity index (χ3v) is 6.41. The molecule has 194 valence electrons. The summed E-state index contributed by atoms with van der Waals surface area (Å²) in [5.41, 5.74) is 0.0772. The van der Waals surface area contributed by atoms with Crippen molar-refractivity contribution in [3.63, 3.8) is 0 Å². The lowest BCUT2D eigenvalue weighted by Crippen LogP contribution is -2.65. The number of carbonyl (C=O) groups is 3. The Kier molecular flexibility index (Phi) is 7.53. The Labute approximate surface area is 219 Å². The largest absolute Gasteiger partial charge is 0.372 e. The van der Waals surface area contributed by atoms with E-state index in [0.717, 1.165) is 23.5 Å². The first kappa shape index (κ1) is 26.5. The Morgan fingerprint density at radius 3 is 2.32 bits per heavy atom. The summed E-state index contributed by atoms with van der Waals surface area (Å²) in [4.78, 5) is 46.1. The fourth-order valence-corrected chi connectivity index (χ4v) is 4.19. The molecule has 1 saturated heterocycles. The molecule has 3 aromatic rings. The summed E-state index contributed by atoms with van der Waals surface area (Å²) in [6.07, 6.45) is 1.77. The smallest absolute Gasteiger partial charge is 0.332 e. The molecule has 1 aliphatic rings. The van der Waals surface area contributed by atoms with Gasteiger partial charge in [0.05, 0.1) is 18.3 Å². The van der Waals surface area contributed by atoms with E-state index in [4.69, 9.17) is 0 Å². The molecule has 1 aliphatic heterocycles. The average molecular weight is 517 g/mol. The summed E-state index contributed by atoms with van der Waals surface area (Å²) in [6.45, 7) is 3.61. The highest BCUT2D eigenvalue weighted by atomic mass is 19.1. The number of aryl methyl sites for hydroxylation is 1. The summed E-state index contributed by atoms with van der Waals surface area (Å²) in [6, 6.07) is 13.6. The van der Waals surface area contributed by atoms with Crippen LogP contribution in [-0.2, 0) is 9.59 Å². The Morgan fingerprint density at radius 1 is 1.05 bits per heavy atom. The van der Waals surface area contributed by atoms with Crippen LogP contribution in [0.15, 0.2) is 60.8 Å². The van der Waals surface area contributed by atoms with Gasteiger partial charge < -0.3 is 14.6 Å². The summed E-state index contributed by atoms with van der Waals surface area (Å²) >= 11 is 0. The van der Waals surface area contributed by atoms with E-state index in [1.807, 2.05) is 30.0 Å². The second-order valence-electron chi connectivity index (χ2n) is 9.30. The van der Waals surface area contributed by atoms with E-state index in [-0.39, 0.29) is 18.7 Å². The number of amides is 3. The number of rotatable bonds is 6. The van der Waals surface area contributed by atoms with Gasteiger partial charge in [0.1, 0.15) is 17.5 Å². The van der Waals surface area contributed by atoms with Gasteiger partial charge in [-0.3, -0.25) is 9.78 Å². The van der Waals surface area contributed by atoms with E-state index in [1.165, 1.54) is 11.8 Å². The Hall–Kier alpha value is -4.58. The number of likely N-dealkylation sites (N-methyl/N-ethyl adjacent to an activating group) is 1. The third kappa shape index (κ3) is 5.39. The molecule has 1 atom stereocenters. The van der Waals surface area contributed by atoms with Gasteiger partial charge in [0.25, 0.3) is 0 Å². The van der Waals surface area contributed by atoms with Crippen molar-refractivity contribution < 1.29 is 23.2 Å². The van der Waals surface area contributed by atoms with E-state index in [2.05, 4.69) is 16.8 Å². The molecule has 0 spiro atoms. The number of aromatic nitrogens is 1. The highest BCUT2D eigenvalue weighted by molar-refractivity contribution is 6.18. The standard InChI is InChI=1S/C29H26F2N4O3/c1-20-9-12-23(18-32-20)33(3)13-14-34-28(38)35(26(37)17-29(34,2)19-36)27-24(30)15-22(16-25(27)31)11-10-21-7-5-4-6-8-21/h4-9,12,15-16,18-19H,13-14,17H2,1-3H3. The summed E-state index contributed by atoms with van der Waals surface area (Å²) in [5.74, 6) is 2.41. The van der Waals surface area contributed by atoms with Gasteiger partial charge >= 0.3 is 6.03 Å². The number of nitrogens with zero attached hydrogens (tertiary/aromatic N) is 4.